The summed E-state index contributed by atoms with van der Waals surface area (Å²) in [5.74, 6) is 1.05. The molecule has 0 saturated heterocycles. The van der Waals surface area contributed by atoms with Gasteiger partial charge in [-0.15, -0.1) is 0 Å². The molecule has 0 unspecified atom stereocenters. The third-order valence-corrected chi connectivity index (χ3v) is 4.39. The van der Waals surface area contributed by atoms with Crippen molar-refractivity contribution in [2.45, 2.75) is 40.5 Å². The molecule has 2 nitrogen and oxygen atoms in total. The van der Waals surface area contributed by atoms with E-state index in [-0.39, 0.29) is 5.75 Å². The largest absolute Gasteiger partial charge is 0.507 e. The van der Waals surface area contributed by atoms with Crippen LogP contribution in [0.15, 0.2) is 59.7 Å². The van der Waals surface area contributed by atoms with Gasteiger partial charge in [-0.1, -0.05) is 65.8 Å². The van der Waals surface area contributed by atoms with Crippen LogP contribution in [0.25, 0.3) is 12.2 Å². The Morgan fingerprint density at radius 1 is 0.889 bits per heavy atom. The van der Waals surface area contributed by atoms with Crippen LogP contribution >= 0.6 is 0 Å². The lowest BCUT2D eigenvalue weighted by Crippen LogP contribution is -2.00. The number of aromatic hydroxyl groups is 1. The van der Waals surface area contributed by atoms with Crippen LogP contribution in [0.3, 0.4) is 0 Å². The van der Waals surface area contributed by atoms with Crippen molar-refractivity contribution in [3.8, 4) is 11.5 Å². The summed E-state index contributed by atoms with van der Waals surface area (Å²) in [7, 11) is 1.68. The molecule has 142 valence electrons. The first kappa shape index (κ1) is 20.6. The number of hydrogen-bond donors (Lipinski definition) is 1. The molecule has 0 aliphatic carbocycles. The van der Waals surface area contributed by atoms with Crippen molar-refractivity contribution in [2.75, 3.05) is 7.11 Å². The Bertz CT molecular complexity index is 848. The Morgan fingerprint density at radius 2 is 1.48 bits per heavy atom. The minimum Gasteiger partial charge on any atom is -0.507 e. The van der Waals surface area contributed by atoms with Gasteiger partial charge in [0.1, 0.15) is 11.5 Å². The first-order valence-electron chi connectivity index (χ1n) is 9.34. The second-order valence-electron chi connectivity index (χ2n) is 7.19. The molecule has 0 aliphatic rings. The molecule has 2 heteroatoms. The Morgan fingerprint density at radius 3 is 2.04 bits per heavy atom. The molecule has 0 bridgehead atoms. The molecule has 0 heterocycles. The van der Waals surface area contributed by atoms with Gasteiger partial charge in [0.2, 0.25) is 0 Å². The van der Waals surface area contributed by atoms with Crippen LogP contribution in [-0.4, -0.2) is 12.2 Å². The maximum atomic E-state index is 10.7. The third kappa shape index (κ3) is 5.89. The van der Waals surface area contributed by atoms with E-state index in [9.17, 15) is 5.11 Å². The van der Waals surface area contributed by atoms with Crippen molar-refractivity contribution in [3.05, 3.63) is 82.0 Å². The normalized spacial score (nSPS) is 10.7. The topological polar surface area (TPSA) is 29.5 Å². The molecule has 0 radical (unpaired) electrons. The molecule has 0 amide bonds. The summed E-state index contributed by atoms with van der Waals surface area (Å²) < 4.78 is 5.76. The molecule has 2 rings (SSSR count). The van der Waals surface area contributed by atoms with E-state index in [0.29, 0.717) is 6.42 Å². The van der Waals surface area contributed by atoms with E-state index in [4.69, 9.17) is 4.74 Å². The molecule has 1 N–H and O–H groups in total. The molecule has 0 spiro atoms. The van der Waals surface area contributed by atoms with Gasteiger partial charge in [0.05, 0.1) is 7.11 Å². The van der Waals surface area contributed by atoms with Crippen LogP contribution in [0.5, 0.6) is 11.5 Å². The fourth-order valence-corrected chi connectivity index (χ4v) is 2.92. The average molecular weight is 363 g/mol. The first-order valence-corrected chi connectivity index (χ1v) is 9.34. The Balaban J connectivity index is 2.56. The second kappa shape index (κ2) is 9.82. The average Bonchev–Trinajstić information content (AvgIpc) is 2.64. The molecular weight excluding hydrogens is 332 g/mol. The highest BCUT2D eigenvalue weighted by atomic mass is 16.5. The molecule has 27 heavy (non-hydrogen) atoms. The van der Waals surface area contributed by atoms with Gasteiger partial charge in [-0.3, -0.25) is 0 Å². The van der Waals surface area contributed by atoms with E-state index in [1.807, 2.05) is 24.3 Å². The lowest BCUT2D eigenvalue weighted by atomic mass is 9.95. The fraction of sp³-hybridized carbons (Fsp3) is 0.280. The van der Waals surface area contributed by atoms with E-state index in [0.717, 1.165) is 34.4 Å². The smallest absolute Gasteiger partial charge is 0.130 e. The Labute approximate surface area is 163 Å². The van der Waals surface area contributed by atoms with Crippen molar-refractivity contribution in [1.29, 1.82) is 0 Å². The number of benzene rings is 2. The van der Waals surface area contributed by atoms with E-state index < -0.39 is 0 Å². The number of hydrogen-bond acceptors (Lipinski definition) is 2. The highest BCUT2D eigenvalue weighted by Crippen LogP contribution is 2.37. The number of phenols is 1. The van der Waals surface area contributed by atoms with Crippen molar-refractivity contribution in [1.82, 2.24) is 0 Å². The SMILES string of the molecule is COc1c(CC=C(C)C)c(O)cc(/C=C/c2ccccc2)c1CC=C(C)C. The van der Waals surface area contributed by atoms with Crippen molar-refractivity contribution < 1.29 is 9.84 Å². The van der Waals surface area contributed by atoms with Gasteiger partial charge in [-0.2, -0.15) is 0 Å². The zero-order chi connectivity index (χ0) is 19.8. The lowest BCUT2D eigenvalue weighted by Gasteiger charge is -2.17. The van der Waals surface area contributed by atoms with Gasteiger partial charge >= 0.3 is 0 Å². The van der Waals surface area contributed by atoms with Crippen molar-refractivity contribution in [3.63, 3.8) is 0 Å². The Hall–Kier alpha value is -2.74. The third-order valence-electron chi connectivity index (χ3n) is 4.39. The maximum Gasteiger partial charge on any atom is 0.130 e. The van der Waals surface area contributed by atoms with Crippen LogP contribution in [0.2, 0.25) is 0 Å². The van der Waals surface area contributed by atoms with Crippen LogP contribution in [0, 0.1) is 0 Å². The summed E-state index contributed by atoms with van der Waals surface area (Å²) in [6, 6.07) is 12.0. The summed E-state index contributed by atoms with van der Waals surface area (Å²) in [5.41, 5.74) is 6.52. The number of methoxy groups -OCH3 is 1. The summed E-state index contributed by atoms with van der Waals surface area (Å²) in [6.07, 6.45) is 9.84. The van der Waals surface area contributed by atoms with Gasteiger partial charge in [-0.25, -0.2) is 0 Å². The van der Waals surface area contributed by atoms with E-state index >= 15 is 0 Å². The second-order valence-corrected chi connectivity index (χ2v) is 7.19. The highest BCUT2D eigenvalue weighted by Gasteiger charge is 2.16. The molecule has 2 aromatic carbocycles. The molecule has 0 saturated carbocycles. The molecule has 0 fully saturated rings. The van der Waals surface area contributed by atoms with E-state index in [1.165, 1.54) is 11.1 Å². The summed E-state index contributed by atoms with van der Waals surface area (Å²) >= 11 is 0. The van der Waals surface area contributed by atoms with Crippen LogP contribution in [0.1, 0.15) is 49.9 Å². The van der Waals surface area contributed by atoms with Gasteiger partial charge < -0.3 is 9.84 Å². The van der Waals surface area contributed by atoms with Crippen molar-refractivity contribution >= 4 is 12.2 Å². The summed E-state index contributed by atoms with van der Waals surface area (Å²) in [5, 5.41) is 10.7. The van der Waals surface area contributed by atoms with Crippen LogP contribution < -0.4 is 4.74 Å². The van der Waals surface area contributed by atoms with Gasteiger partial charge in [0.15, 0.2) is 0 Å². The quantitative estimate of drug-likeness (QED) is 0.445. The van der Waals surface area contributed by atoms with Gasteiger partial charge in [0.25, 0.3) is 0 Å². The van der Waals surface area contributed by atoms with E-state index in [1.54, 1.807) is 7.11 Å². The number of ether oxygens (including phenoxy) is 1. The molecule has 0 atom stereocenters. The number of phenolic OH excluding ortho intramolecular Hbond substituents is 1. The fourth-order valence-electron chi connectivity index (χ4n) is 2.92. The predicted molar refractivity (Wildman–Crippen MR) is 116 cm³/mol. The number of rotatable bonds is 7. The zero-order valence-electron chi connectivity index (χ0n) is 17.0. The summed E-state index contributed by atoms with van der Waals surface area (Å²) in [4.78, 5) is 0. The molecule has 0 aliphatic heterocycles. The van der Waals surface area contributed by atoms with Crippen LogP contribution in [-0.2, 0) is 12.8 Å². The highest BCUT2D eigenvalue weighted by molar-refractivity contribution is 5.74. The lowest BCUT2D eigenvalue weighted by molar-refractivity contribution is 0.397. The van der Waals surface area contributed by atoms with Gasteiger partial charge in [0, 0.05) is 11.1 Å². The van der Waals surface area contributed by atoms with Crippen molar-refractivity contribution in [2.24, 2.45) is 0 Å². The molecule has 2 aromatic rings. The van der Waals surface area contributed by atoms with Crippen LogP contribution in [0.4, 0.5) is 0 Å². The molecular formula is C25H30O2. The first-order chi connectivity index (χ1) is 12.9. The van der Waals surface area contributed by atoms with Gasteiger partial charge in [-0.05, 0) is 57.7 Å². The predicted octanol–water partition coefficient (Wildman–Crippen LogP) is 6.59. The standard InChI is InChI=1S/C25H30O2/c1-18(2)11-15-22-21(14-13-20-9-7-6-8-10-20)17-24(26)23(25(22)27-5)16-12-19(3)4/h6-14,17,26H,15-16H2,1-5H3/b14-13+. The minimum absolute atomic E-state index is 0.276. The van der Waals surface area contributed by atoms with E-state index in [2.05, 4.69) is 64.1 Å². The zero-order valence-corrected chi connectivity index (χ0v) is 17.0. The summed E-state index contributed by atoms with van der Waals surface area (Å²) in [6.45, 7) is 8.31. The molecule has 0 aromatic heterocycles. The maximum absolute atomic E-state index is 10.7. The number of allylic oxidation sites excluding steroid dienone is 4. The minimum atomic E-state index is 0.276. The Kier molecular flexibility index (Phi) is 7.48. The monoisotopic (exact) mass is 362 g/mol.